The molecule has 29 heavy (non-hydrogen) atoms. The predicted octanol–water partition coefficient (Wildman–Crippen LogP) is 2.68. The number of ether oxygens (including phenoxy) is 1. The molecule has 160 valence electrons. The Hall–Kier alpha value is -1.63. The van der Waals surface area contributed by atoms with Gasteiger partial charge in [-0.15, -0.1) is 0 Å². The lowest BCUT2D eigenvalue weighted by atomic mass is 9.82. The molecule has 2 heterocycles. The van der Waals surface area contributed by atoms with E-state index in [4.69, 9.17) is 10.5 Å². The molecule has 0 spiro atoms. The highest BCUT2D eigenvalue weighted by molar-refractivity contribution is 5.99. The number of hydrogen-bond donors (Lipinski definition) is 2. The van der Waals surface area contributed by atoms with E-state index in [9.17, 15) is 9.90 Å². The molecular formula is C23H35N3O3. The molecule has 0 aromatic heterocycles. The van der Waals surface area contributed by atoms with Crippen molar-refractivity contribution in [1.82, 2.24) is 9.80 Å². The van der Waals surface area contributed by atoms with Crippen molar-refractivity contribution >= 4 is 11.5 Å². The summed E-state index contributed by atoms with van der Waals surface area (Å²) in [7, 11) is 0. The Morgan fingerprint density at radius 2 is 1.90 bits per heavy atom. The molecule has 6 heteroatoms. The summed E-state index contributed by atoms with van der Waals surface area (Å²) in [4.78, 5) is 17.5. The molecule has 1 saturated carbocycles. The molecule has 0 unspecified atom stereocenters. The number of fused-ring (bicyclic) bond motifs is 1. The minimum atomic E-state index is 0.186. The Morgan fingerprint density at radius 1 is 1.14 bits per heavy atom. The first kappa shape index (κ1) is 20.6. The quantitative estimate of drug-likeness (QED) is 0.540. The van der Waals surface area contributed by atoms with Crippen LogP contribution < -0.4 is 10.5 Å². The molecule has 0 bridgehead atoms. The van der Waals surface area contributed by atoms with E-state index in [1.165, 1.54) is 25.7 Å². The fraction of sp³-hybridized carbons (Fsp3) is 0.696. The minimum absolute atomic E-state index is 0.186. The van der Waals surface area contributed by atoms with Crippen LogP contribution in [-0.4, -0.2) is 66.2 Å². The van der Waals surface area contributed by atoms with Gasteiger partial charge in [-0.3, -0.25) is 14.6 Å². The molecule has 0 atom stereocenters. The lowest BCUT2D eigenvalue weighted by Crippen LogP contribution is -2.51. The Labute approximate surface area is 174 Å². The zero-order valence-corrected chi connectivity index (χ0v) is 17.4. The van der Waals surface area contributed by atoms with E-state index in [1.807, 2.05) is 6.07 Å². The number of rotatable bonds is 7. The molecule has 2 aliphatic heterocycles. The Bertz CT molecular complexity index is 708. The number of carbonyl (C=O) groups excluding carboxylic acids is 1. The number of anilines is 1. The number of aliphatic hydroxyl groups excluding tert-OH is 1. The van der Waals surface area contributed by atoms with Gasteiger partial charge in [-0.1, -0.05) is 6.42 Å². The highest BCUT2D eigenvalue weighted by Crippen LogP contribution is 2.35. The summed E-state index contributed by atoms with van der Waals surface area (Å²) in [6.07, 6.45) is 8.67. The minimum Gasteiger partial charge on any atom is -0.491 e. The monoisotopic (exact) mass is 401 g/mol. The molecule has 4 rings (SSSR count). The van der Waals surface area contributed by atoms with Gasteiger partial charge in [0.1, 0.15) is 5.75 Å². The van der Waals surface area contributed by atoms with Crippen LogP contribution in [-0.2, 0) is 6.42 Å². The second kappa shape index (κ2) is 9.45. The van der Waals surface area contributed by atoms with E-state index >= 15 is 0 Å². The van der Waals surface area contributed by atoms with Crippen LogP contribution in [0.15, 0.2) is 12.1 Å². The summed E-state index contributed by atoms with van der Waals surface area (Å²) in [6, 6.07) is 4.40. The van der Waals surface area contributed by atoms with Crippen LogP contribution in [0.25, 0.3) is 0 Å². The highest BCUT2D eigenvalue weighted by atomic mass is 16.5. The van der Waals surface area contributed by atoms with Gasteiger partial charge in [-0.25, -0.2) is 0 Å². The summed E-state index contributed by atoms with van der Waals surface area (Å²) < 4.78 is 5.60. The maximum absolute atomic E-state index is 12.7. The third kappa shape index (κ3) is 4.76. The van der Waals surface area contributed by atoms with Crippen molar-refractivity contribution < 1.29 is 14.6 Å². The molecule has 3 aliphatic rings. The third-order valence-corrected chi connectivity index (χ3v) is 7.15. The van der Waals surface area contributed by atoms with Gasteiger partial charge in [0.25, 0.3) is 0 Å². The number of nitrogen functional groups attached to an aromatic ring is 1. The molecular weight excluding hydrogens is 366 g/mol. The van der Waals surface area contributed by atoms with Crippen molar-refractivity contribution in [3.05, 3.63) is 23.3 Å². The van der Waals surface area contributed by atoms with Gasteiger partial charge in [-0.05, 0) is 50.2 Å². The molecule has 2 fully saturated rings. The standard InChI is InChI=1S/C23H35N3O3/c24-21-9-8-19(20-10-15-29-23(20)21)22(28)3-1-2-17-4-6-18(7-5-17)26-13-11-25(16-27)12-14-26/h8-9,17-18,27H,1-7,10-16,24H2. The van der Waals surface area contributed by atoms with Crippen LogP contribution >= 0.6 is 0 Å². The first-order chi connectivity index (χ1) is 14.2. The summed E-state index contributed by atoms with van der Waals surface area (Å²) in [5.41, 5.74) is 8.43. The summed E-state index contributed by atoms with van der Waals surface area (Å²) >= 11 is 0. The normalized spacial score (nSPS) is 25.6. The van der Waals surface area contributed by atoms with Gasteiger partial charge in [0.15, 0.2) is 5.78 Å². The van der Waals surface area contributed by atoms with Crippen molar-refractivity contribution in [2.24, 2.45) is 5.92 Å². The number of aliphatic hydroxyl groups is 1. The van der Waals surface area contributed by atoms with E-state index in [1.54, 1.807) is 6.07 Å². The number of ketones is 1. The van der Waals surface area contributed by atoms with Gasteiger partial charge in [0.2, 0.25) is 0 Å². The molecule has 1 saturated heterocycles. The van der Waals surface area contributed by atoms with E-state index in [-0.39, 0.29) is 12.5 Å². The van der Waals surface area contributed by atoms with Gasteiger partial charge >= 0.3 is 0 Å². The average Bonchev–Trinajstić information content (AvgIpc) is 3.25. The number of nitrogens with two attached hydrogens (primary N) is 1. The fourth-order valence-corrected chi connectivity index (χ4v) is 5.34. The van der Waals surface area contributed by atoms with E-state index in [0.29, 0.717) is 24.8 Å². The summed E-state index contributed by atoms with van der Waals surface area (Å²) in [5.74, 6) is 1.73. The summed E-state index contributed by atoms with van der Waals surface area (Å²) in [5, 5.41) is 9.25. The zero-order valence-electron chi connectivity index (χ0n) is 17.4. The largest absolute Gasteiger partial charge is 0.491 e. The van der Waals surface area contributed by atoms with Crippen LogP contribution in [0.3, 0.4) is 0 Å². The smallest absolute Gasteiger partial charge is 0.163 e. The van der Waals surface area contributed by atoms with Gasteiger partial charge in [0, 0.05) is 56.2 Å². The highest BCUT2D eigenvalue weighted by Gasteiger charge is 2.28. The van der Waals surface area contributed by atoms with E-state index < -0.39 is 0 Å². The number of nitrogens with zero attached hydrogens (tertiary/aromatic N) is 2. The molecule has 0 amide bonds. The fourth-order valence-electron chi connectivity index (χ4n) is 5.34. The maximum atomic E-state index is 12.7. The molecule has 1 aromatic rings. The van der Waals surface area contributed by atoms with Crippen molar-refractivity contribution in [1.29, 1.82) is 0 Å². The van der Waals surface area contributed by atoms with Crippen LogP contribution in [0.1, 0.15) is 60.9 Å². The molecule has 1 aromatic carbocycles. The maximum Gasteiger partial charge on any atom is 0.163 e. The van der Waals surface area contributed by atoms with Crippen LogP contribution in [0.5, 0.6) is 5.75 Å². The first-order valence-corrected chi connectivity index (χ1v) is 11.3. The van der Waals surface area contributed by atoms with Crippen LogP contribution in [0, 0.1) is 5.92 Å². The van der Waals surface area contributed by atoms with Crippen molar-refractivity contribution in [2.75, 3.05) is 45.3 Å². The number of carbonyl (C=O) groups is 1. The average molecular weight is 402 g/mol. The predicted molar refractivity (Wildman–Crippen MR) is 114 cm³/mol. The first-order valence-electron chi connectivity index (χ1n) is 11.3. The van der Waals surface area contributed by atoms with E-state index in [2.05, 4.69) is 9.80 Å². The van der Waals surface area contributed by atoms with Crippen LogP contribution in [0.2, 0.25) is 0 Å². The van der Waals surface area contributed by atoms with Crippen molar-refractivity contribution in [2.45, 2.75) is 57.4 Å². The Kier molecular flexibility index (Phi) is 6.73. The molecule has 0 radical (unpaired) electrons. The zero-order chi connectivity index (χ0) is 20.2. The molecule has 1 aliphatic carbocycles. The van der Waals surface area contributed by atoms with Gasteiger partial charge < -0.3 is 15.6 Å². The van der Waals surface area contributed by atoms with Crippen molar-refractivity contribution in [3.8, 4) is 5.75 Å². The molecule has 3 N–H and O–H groups in total. The van der Waals surface area contributed by atoms with Crippen molar-refractivity contribution in [3.63, 3.8) is 0 Å². The molecule has 6 nitrogen and oxygen atoms in total. The summed E-state index contributed by atoms with van der Waals surface area (Å²) in [6.45, 7) is 4.95. The lowest BCUT2D eigenvalue weighted by molar-refractivity contribution is 0.0264. The topological polar surface area (TPSA) is 79.0 Å². The van der Waals surface area contributed by atoms with Crippen LogP contribution in [0.4, 0.5) is 5.69 Å². The SMILES string of the molecule is Nc1ccc(C(=O)CCCC2CCC(N3CCN(CO)CC3)CC2)c2c1OCC2. The Balaban J connectivity index is 1.19. The Morgan fingerprint density at radius 3 is 2.62 bits per heavy atom. The number of benzene rings is 1. The van der Waals surface area contributed by atoms with E-state index in [0.717, 1.165) is 68.2 Å². The third-order valence-electron chi connectivity index (χ3n) is 7.15. The second-order valence-electron chi connectivity index (χ2n) is 8.89. The lowest BCUT2D eigenvalue weighted by Gasteiger charge is -2.41. The van der Waals surface area contributed by atoms with Gasteiger partial charge in [-0.2, -0.15) is 0 Å². The van der Waals surface area contributed by atoms with Gasteiger partial charge in [0.05, 0.1) is 19.0 Å². The second-order valence-corrected chi connectivity index (χ2v) is 8.89. The number of piperazine rings is 1. The number of Topliss-reactive ketones (excluding diaryl/α,β-unsaturated/α-hetero) is 1. The number of hydrogen-bond acceptors (Lipinski definition) is 6.